The Labute approximate surface area is 307 Å². The number of para-hydroxylation sites is 1. The van der Waals surface area contributed by atoms with Gasteiger partial charge in [-0.1, -0.05) is 50.2 Å². The van der Waals surface area contributed by atoms with Crippen molar-refractivity contribution in [1.82, 2.24) is 14.9 Å². The smallest absolute Gasteiger partial charge is 0.338 e. The molecule has 0 saturated heterocycles. The molecule has 0 spiro atoms. The van der Waals surface area contributed by atoms with Gasteiger partial charge in [0.15, 0.2) is 22.2 Å². The summed E-state index contributed by atoms with van der Waals surface area (Å²) in [7, 11) is -11.6. The number of unbranched alkanes of at least 4 members (excludes halogenated alkanes) is 1. The van der Waals surface area contributed by atoms with Gasteiger partial charge in [0, 0.05) is 13.6 Å². The SMILES string of the molecule is CCCCNc1cc(C(=O)OCC(=O)N(C)CC(=O)NS(=O)(=O)C2=C[C@H](NCC)C3=C(S2)S(=O)(=O)[C@@H](C)C3)cc(S(N)(=O)=O)c1Oc1ccccc1. The standard InChI is InChI=1S/C32H41N5O11S4/c1-5-7-13-35-25-15-21(16-26(51(33,43)44)30(25)48-22-11-9-8-10-12-22)31(40)47-19-28(39)37(4)18-27(38)36-52(45,46)29-17-24(34-6-2)23-14-20(3)50(41,42)32(23)49-29/h8-12,15-17,20,24,34-35H,5-7,13-14,18-19H2,1-4H3,(H,36,38)(H2,33,43,44)/t20-,24-/m0/s1. The van der Waals surface area contributed by atoms with Gasteiger partial charge in [0.1, 0.15) is 25.7 Å². The van der Waals surface area contributed by atoms with Gasteiger partial charge in [0.05, 0.1) is 22.5 Å². The number of primary sulfonamides is 1. The molecule has 2 heterocycles. The van der Waals surface area contributed by atoms with E-state index >= 15 is 0 Å². The van der Waals surface area contributed by atoms with E-state index in [0.717, 1.165) is 17.4 Å². The summed E-state index contributed by atoms with van der Waals surface area (Å²) >= 11 is 0.550. The average Bonchev–Trinajstić information content (AvgIpc) is 3.31. The largest absolute Gasteiger partial charge is 0.454 e. The molecule has 0 aromatic heterocycles. The molecule has 0 unspecified atom stereocenters. The Hall–Kier alpha value is -3.95. The van der Waals surface area contributed by atoms with Gasteiger partial charge in [-0.05, 0) is 62.2 Å². The van der Waals surface area contributed by atoms with E-state index in [-0.39, 0.29) is 31.9 Å². The van der Waals surface area contributed by atoms with Crippen LogP contribution in [0, 0.1) is 0 Å². The molecular weight excluding hydrogens is 759 g/mol. The Morgan fingerprint density at radius 1 is 1.08 bits per heavy atom. The van der Waals surface area contributed by atoms with Crippen LogP contribution in [0.25, 0.3) is 0 Å². The Bertz CT molecular complexity index is 2100. The minimum Gasteiger partial charge on any atom is -0.454 e. The number of esters is 1. The van der Waals surface area contributed by atoms with Crippen molar-refractivity contribution in [3.8, 4) is 11.5 Å². The van der Waals surface area contributed by atoms with Crippen molar-refractivity contribution >= 4 is 65.1 Å². The van der Waals surface area contributed by atoms with E-state index in [4.69, 9.17) is 14.6 Å². The number of nitrogens with zero attached hydrogens (tertiary/aromatic N) is 1. The number of sulfonamides is 2. The highest BCUT2D eigenvalue weighted by Crippen LogP contribution is 2.48. The number of carbonyl (C=O) groups excluding carboxylic acids is 3. The number of ether oxygens (including phenoxy) is 2. The fourth-order valence-corrected chi connectivity index (χ4v) is 10.9. The van der Waals surface area contributed by atoms with E-state index in [1.54, 1.807) is 44.2 Å². The summed E-state index contributed by atoms with van der Waals surface area (Å²) in [4.78, 5) is 39.0. The first-order chi connectivity index (χ1) is 24.4. The van der Waals surface area contributed by atoms with Gasteiger partial charge in [0.25, 0.3) is 21.8 Å². The number of benzene rings is 2. The van der Waals surface area contributed by atoms with Crippen LogP contribution in [-0.4, -0.2) is 92.5 Å². The summed E-state index contributed by atoms with van der Waals surface area (Å²) in [6.07, 6.45) is 3.10. The zero-order valence-corrected chi connectivity index (χ0v) is 32.1. The second-order valence-corrected chi connectivity index (χ2v) is 19.0. The van der Waals surface area contributed by atoms with Gasteiger partial charge in [-0.2, -0.15) is 0 Å². The number of sulfone groups is 1. The predicted octanol–water partition coefficient (Wildman–Crippen LogP) is 2.38. The Morgan fingerprint density at radius 2 is 1.77 bits per heavy atom. The van der Waals surface area contributed by atoms with Gasteiger partial charge in [-0.3, -0.25) is 9.59 Å². The molecule has 2 atom stereocenters. The fourth-order valence-electron chi connectivity index (χ4n) is 5.19. The molecule has 284 valence electrons. The molecule has 5 N–H and O–H groups in total. The number of nitrogens with two attached hydrogens (primary N) is 1. The number of rotatable bonds is 16. The summed E-state index contributed by atoms with van der Waals surface area (Å²) in [5.74, 6) is -2.93. The third-order valence-electron chi connectivity index (χ3n) is 7.91. The van der Waals surface area contributed by atoms with Crippen molar-refractivity contribution in [2.45, 2.75) is 56.2 Å². The van der Waals surface area contributed by atoms with E-state index < -0.39 is 77.0 Å². The molecule has 20 heteroatoms. The summed E-state index contributed by atoms with van der Waals surface area (Å²) < 4.78 is 89.8. The number of thioether (sulfide) groups is 1. The number of hydrogen-bond acceptors (Lipinski definition) is 14. The van der Waals surface area contributed by atoms with E-state index in [1.807, 2.05) is 11.6 Å². The molecular formula is C32H41N5O11S4. The van der Waals surface area contributed by atoms with Crippen LogP contribution >= 0.6 is 11.8 Å². The lowest BCUT2D eigenvalue weighted by Crippen LogP contribution is -2.42. The van der Waals surface area contributed by atoms with Crippen LogP contribution in [0.4, 0.5) is 5.69 Å². The number of hydrogen-bond donors (Lipinski definition) is 4. The Kier molecular flexibility index (Phi) is 13.2. The normalized spacial score (nSPS) is 18.2. The van der Waals surface area contributed by atoms with Crippen LogP contribution < -0.4 is 25.2 Å². The lowest BCUT2D eigenvalue weighted by atomic mass is 10.0. The number of nitrogens with one attached hydrogen (secondary N) is 3. The molecule has 2 aromatic carbocycles. The molecule has 0 radical (unpaired) electrons. The monoisotopic (exact) mass is 799 g/mol. The Balaban J connectivity index is 1.44. The average molecular weight is 800 g/mol. The van der Waals surface area contributed by atoms with E-state index in [0.29, 0.717) is 42.6 Å². The van der Waals surface area contributed by atoms with Gasteiger partial charge in [0.2, 0.25) is 10.0 Å². The molecule has 0 saturated carbocycles. The lowest BCUT2D eigenvalue weighted by Gasteiger charge is -2.23. The van der Waals surface area contributed by atoms with Crippen molar-refractivity contribution in [2.75, 3.05) is 38.6 Å². The zero-order chi connectivity index (χ0) is 38.4. The van der Waals surface area contributed by atoms with Crippen LogP contribution in [0.3, 0.4) is 0 Å². The number of carbonyl (C=O) groups is 3. The maximum absolute atomic E-state index is 13.2. The minimum atomic E-state index is -4.54. The number of anilines is 1. The van der Waals surface area contributed by atoms with E-state index in [2.05, 4.69) is 10.6 Å². The molecule has 4 rings (SSSR count). The Morgan fingerprint density at radius 3 is 2.40 bits per heavy atom. The molecule has 2 amide bonds. The first kappa shape index (κ1) is 40.8. The molecule has 2 aliphatic heterocycles. The second kappa shape index (κ2) is 16.8. The van der Waals surface area contributed by atoms with Crippen molar-refractivity contribution in [3.63, 3.8) is 0 Å². The second-order valence-electron chi connectivity index (χ2n) is 11.9. The lowest BCUT2D eigenvalue weighted by molar-refractivity contribution is -0.136. The number of amides is 2. The molecule has 0 bridgehead atoms. The van der Waals surface area contributed by atoms with Crippen LogP contribution in [0.2, 0.25) is 0 Å². The van der Waals surface area contributed by atoms with Crippen molar-refractivity contribution in [1.29, 1.82) is 0 Å². The topological polar surface area (TPSA) is 237 Å². The highest BCUT2D eigenvalue weighted by Gasteiger charge is 2.44. The van der Waals surface area contributed by atoms with Crippen LogP contribution in [0.5, 0.6) is 11.5 Å². The minimum absolute atomic E-state index is 0.0613. The maximum atomic E-state index is 13.2. The summed E-state index contributed by atoms with van der Waals surface area (Å²) in [6.45, 7) is 4.44. The molecule has 16 nitrogen and oxygen atoms in total. The number of likely N-dealkylation sites (N-methyl/N-ethyl adjacent to an activating group) is 2. The van der Waals surface area contributed by atoms with Crippen molar-refractivity contribution in [2.24, 2.45) is 5.14 Å². The molecule has 2 aromatic rings. The molecule has 2 aliphatic rings. The fraction of sp³-hybridized carbons (Fsp3) is 0.406. The van der Waals surface area contributed by atoms with E-state index in [1.165, 1.54) is 19.2 Å². The van der Waals surface area contributed by atoms with Gasteiger partial charge >= 0.3 is 5.97 Å². The van der Waals surface area contributed by atoms with Crippen molar-refractivity contribution in [3.05, 3.63) is 68.2 Å². The zero-order valence-electron chi connectivity index (χ0n) is 28.9. The third kappa shape index (κ3) is 9.72. The van der Waals surface area contributed by atoms with Crippen LogP contribution in [-0.2, 0) is 44.2 Å². The molecule has 0 aliphatic carbocycles. The predicted molar refractivity (Wildman–Crippen MR) is 196 cm³/mol. The molecule has 0 fully saturated rings. The van der Waals surface area contributed by atoms with Gasteiger partial charge in [-0.25, -0.2) is 39.9 Å². The van der Waals surface area contributed by atoms with Crippen LogP contribution in [0.15, 0.2) is 67.5 Å². The van der Waals surface area contributed by atoms with Gasteiger partial charge in [-0.15, -0.1) is 0 Å². The highest BCUT2D eigenvalue weighted by molar-refractivity contribution is 8.28. The van der Waals surface area contributed by atoms with E-state index in [9.17, 15) is 39.6 Å². The third-order valence-corrected chi connectivity index (χ3v) is 14.6. The summed E-state index contributed by atoms with van der Waals surface area (Å²) in [6, 6.07) is 9.91. The van der Waals surface area contributed by atoms with Crippen LogP contribution in [0.1, 0.15) is 50.4 Å². The summed E-state index contributed by atoms with van der Waals surface area (Å²) in [5, 5.41) is 10.9. The van der Waals surface area contributed by atoms with Crippen molar-refractivity contribution < 1.29 is 49.1 Å². The highest BCUT2D eigenvalue weighted by atomic mass is 32.3. The maximum Gasteiger partial charge on any atom is 0.338 e. The van der Waals surface area contributed by atoms with Gasteiger partial charge < -0.3 is 25.0 Å². The summed E-state index contributed by atoms with van der Waals surface area (Å²) in [5.41, 5.74) is 0.423. The first-order valence-corrected chi connectivity index (χ1v) is 21.5. The molecule has 52 heavy (non-hydrogen) atoms. The quantitative estimate of drug-likeness (QED) is 0.141. The first-order valence-electron chi connectivity index (χ1n) is 16.1.